The van der Waals surface area contributed by atoms with E-state index in [4.69, 9.17) is 9.72 Å². The monoisotopic (exact) mass is 470 g/mol. The second kappa shape index (κ2) is 11.0. The number of imidazole rings is 1. The molecule has 7 heteroatoms. The predicted octanol–water partition coefficient (Wildman–Crippen LogP) is 4.55. The normalized spacial score (nSPS) is 11.9. The summed E-state index contributed by atoms with van der Waals surface area (Å²) in [6.07, 6.45) is 5.86. The lowest BCUT2D eigenvalue weighted by Crippen LogP contribution is -2.34. The molecule has 0 aliphatic carbocycles. The minimum atomic E-state index is -0.513. The summed E-state index contributed by atoms with van der Waals surface area (Å²) >= 11 is 0. The van der Waals surface area contributed by atoms with E-state index in [2.05, 4.69) is 17.2 Å². The number of fused-ring (bicyclic) bond motifs is 1. The van der Waals surface area contributed by atoms with Crippen LogP contribution in [0.2, 0.25) is 0 Å². The summed E-state index contributed by atoms with van der Waals surface area (Å²) in [5.74, 6) is -0.227. The van der Waals surface area contributed by atoms with Crippen LogP contribution in [0.5, 0.6) is 0 Å². The summed E-state index contributed by atoms with van der Waals surface area (Å²) < 4.78 is 7.41. The second-order valence-electron chi connectivity index (χ2n) is 8.42. The van der Waals surface area contributed by atoms with Crippen LogP contribution in [0.3, 0.4) is 0 Å². The zero-order chi connectivity index (χ0) is 24.8. The molecule has 2 aromatic heterocycles. The number of nitrogens with zero attached hydrogens (tertiary/aromatic N) is 3. The number of aryl methyl sites for hydroxylation is 2. The Morgan fingerprint density at radius 2 is 1.80 bits per heavy atom. The van der Waals surface area contributed by atoms with Crippen LogP contribution in [0.25, 0.3) is 10.9 Å². The van der Waals surface area contributed by atoms with Gasteiger partial charge in [0.2, 0.25) is 0 Å². The number of pyridine rings is 1. The number of aromatic nitrogens is 3. The van der Waals surface area contributed by atoms with Crippen molar-refractivity contribution in [2.75, 3.05) is 6.61 Å². The van der Waals surface area contributed by atoms with E-state index in [0.717, 1.165) is 40.6 Å². The fraction of sp³-hybridized carbons (Fsp3) is 0.286. The zero-order valence-corrected chi connectivity index (χ0v) is 20.3. The number of nitrogens with one attached hydrogen (secondary N) is 1. The van der Waals surface area contributed by atoms with E-state index >= 15 is 0 Å². The van der Waals surface area contributed by atoms with E-state index in [9.17, 15) is 9.59 Å². The van der Waals surface area contributed by atoms with Crippen molar-refractivity contribution >= 4 is 22.8 Å². The molecule has 2 aromatic carbocycles. The summed E-state index contributed by atoms with van der Waals surface area (Å²) in [6, 6.07) is 16.7. The molecule has 0 saturated carbocycles. The van der Waals surface area contributed by atoms with Crippen LogP contribution in [0, 0.1) is 0 Å². The molecule has 35 heavy (non-hydrogen) atoms. The number of esters is 1. The first kappa shape index (κ1) is 24.1. The van der Waals surface area contributed by atoms with Crippen molar-refractivity contribution in [3.8, 4) is 0 Å². The lowest BCUT2D eigenvalue weighted by atomic mass is 9.96. The standard InChI is InChI=1S/C28H30N4O3/c1-4-11-22-20(5-2)25(21-14-9-10-15-23(21)30-22)28(34)35-18-24(33)31-26(19-12-7-6-8-13-19)27-29-16-17-32(27)3/h6-10,12-17,26H,4-5,11,18H2,1-3H3,(H,31,33)/t26-/m0/s1. The molecule has 180 valence electrons. The predicted molar refractivity (Wildman–Crippen MR) is 135 cm³/mol. The Kier molecular flexibility index (Phi) is 7.55. The van der Waals surface area contributed by atoms with Crippen LogP contribution >= 0.6 is 0 Å². The lowest BCUT2D eigenvalue weighted by molar-refractivity contribution is -0.124. The Morgan fingerprint density at radius 3 is 2.49 bits per heavy atom. The van der Waals surface area contributed by atoms with Crippen molar-refractivity contribution in [3.05, 3.63) is 95.2 Å². The summed E-state index contributed by atoms with van der Waals surface area (Å²) in [5.41, 5.74) is 3.93. The number of amides is 1. The zero-order valence-electron chi connectivity index (χ0n) is 20.3. The van der Waals surface area contributed by atoms with E-state index in [-0.39, 0.29) is 0 Å². The number of hydrogen-bond acceptors (Lipinski definition) is 5. The highest BCUT2D eigenvalue weighted by Crippen LogP contribution is 2.26. The van der Waals surface area contributed by atoms with Crippen LogP contribution in [0.15, 0.2) is 67.0 Å². The molecule has 0 saturated heterocycles. The molecule has 0 spiro atoms. The molecule has 0 aliphatic rings. The van der Waals surface area contributed by atoms with Crippen LogP contribution in [-0.4, -0.2) is 33.0 Å². The first-order valence-corrected chi connectivity index (χ1v) is 11.9. The largest absolute Gasteiger partial charge is 0.452 e. The highest BCUT2D eigenvalue weighted by molar-refractivity contribution is 6.05. The van der Waals surface area contributed by atoms with Crippen LogP contribution in [0.4, 0.5) is 0 Å². The molecule has 4 rings (SSSR count). The van der Waals surface area contributed by atoms with Gasteiger partial charge < -0.3 is 14.6 Å². The SMILES string of the molecule is CCCc1nc2ccccc2c(C(=O)OCC(=O)N[C@@H](c2ccccc2)c2nccn2C)c1CC. The minimum Gasteiger partial charge on any atom is -0.452 e. The molecule has 1 N–H and O–H groups in total. The first-order valence-electron chi connectivity index (χ1n) is 11.9. The fourth-order valence-electron chi connectivity index (χ4n) is 4.36. The third-order valence-electron chi connectivity index (χ3n) is 6.01. The van der Waals surface area contributed by atoms with Gasteiger partial charge in [0, 0.05) is 30.5 Å². The summed E-state index contributed by atoms with van der Waals surface area (Å²) in [4.78, 5) is 35.4. The van der Waals surface area contributed by atoms with Crippen LogP contribution < -0.4 is 5.32 Å². The first-order chi connectivity index (χ1) is 17.0. The third-order valence-corrected chi connectivity index (χ3v) is 6.01. The smallest absolute Gasteiger partial charge is 0.339 e. The summed E-state index contributed by atoms with van der Waals surface area (Å²) in [5, 5.41) is 3.71. The molecule has 7 nitrogen and oxygen atoms in total. The van der Waals surface area contributed by atoms with Gasteiger partial charge in [-0.15, -0.1) is 0 Å². The summed E-state index contributed by atoms with van der Waals surface area (Å²) in [7, 11) is 1.87. The van der Waals surface area contributed by atoms with E-state index in [0.29, 0.717) is 17.8 Å². The van der Waals surface area contributed by atoms with Crippen molar-refractivity contribution in [2.24, 2.45) is 7.05 Å². The van der Waals surface area contributed by atoms with Gasteiger partial charge in [0.1, 0.15) is 11.9 Å². The molecule has 1 atom stereocenters. The Bertz CT molecular complexity index is 1330. The van der Waals surface area contributed by atoms with Gasteiger partial charge in [0.25, 0.3) is 5.91 Å². The van der Waals surface area contributed by atoms with E-state index in [1.165, 1.54) is 0 Å². The topological polar surface area (TPSA) is 86.1 Å². The summed E-state index contributed by atoms with van der Waals surface area (Å²) in [6.45, 7) is 3.70. The van der Waals surface area contributed by atoms with Gasteiger partial charge in [-0.1, -0.05) is 68.8 Å². The minimum absolute atomic E-state index is 0.393. The van der Waals surface area contributed by atoms with Gasteiger partial charge in [-0.25, -0.2) is 9.78 Å². The van der Waals surface area contributed by atoms with Gasteiger partial charge in [0.05, 0.1) is 11.1 Å². The van der Waals surface area contributed by atoms with Crippen LogP contribution in [0.1, 0.15) is 59.3 Å². The van der Waals surface area contributed by atoms with Gasteiger partial charge in [-0.05, 0) is 30.0 Å². The second-order valence-corrected chi connectivity index (χ2v) is 8.42. The average molecular weight is 471 g/mol. The Balaban J connectivity index is 1.56. The molecular formula is C28H30N4O3. The molecular weight excluding hydrogens is 440 g/mol. The fourth-order valence-corrected chi connectivity index (χ4v) is 4.36. The van der Waals surface area contributed by atoms with Crippen molar-refractivity contribution < 1.29 is 14.3 Å². The Hall–Kier alpha value is -4.00. The highest BCUT2D eigenvalue weighted by Gasteiger charge is 2.24. The van der Waals surface area contributed by atoms with Crippen LogP contribution in [-0.2, 0) is 29.4 Å². The molecule has 0 aliphatic heterocycles. The molecule has 0 fully saturated rings. The van der Waals surface area contributed by atoms with Gasteiger partial charge in [-0.3, -0.25) is 9.78 Å². The van der Waals surface area contributed by atoms with Gasteiger partial charge in [-0.2, -0.15) is 0 Å². The Labute approximate surface area is 205 Å². The maximum absolute atomic E-state index is 13.3. The molecule has 0 bridgehead atoms. The van der Waals surface area contributed by atoms with Gasteiger partial charge >= 0.3 is 5.97 Å². The van der Waals surface area contributed by atoms with Gasteiger partial charge in [0.15, 0.2) is 6.61 Å². The lowest BCUT2D eigenvalue weighted by Gasteiger charge is -2.19. The quantitative estimate of drug-likeness (QED) is 0.363. The van der Waals surface area contributed by atoms with E-state index in [1.54, 1.807) is 6.20 Å². The number of benzene rings is 2. The maximum atomic E-state index is 13.3. The molecule has 4 aromatic rings. The van der Waals surface area contributed by atoms with Crippen molar-refractivity contribution in [1.29, 1.82) is 0 Å². The van der Waals surface area contributed by atoms with Crippen molar-refractivity contribution in [3.63, 3.8) is 0 Å². The number of carbonyl (C=O) groups excluding carboxylic acids is 2. The Morgan fingerprint density at radius 1 is 1.06 bits per heavy atom. The number of rotatable bonds is 9. The van der Waals surface area contributed by atoms with E-state index in [1.807, 2.05) is 79.3 Å². The van der Waals surface area contributed by atoms with Crippen molar-refractivity contribution in [2.45, 2.75) is 39.2 Å². The maximum Gasteiger partial charge on any atom is 0.339 e. The molecule has 1 amide bonds. The number of carbonyl (C=O) groups is 2. The third kappa shape index (κ3) is 5.24. The molecule has 2 heterocycles. The molecule has 0 unspecified atom stereocenters. The highest BCUT2D eigenvalue weighted by atomic mass is 16.5. The molecule has 0 radical (unpaired) electrons. The number of para-hydroxylation sites is 1. The number of ether oxygens (including phenoxy) is 1. The average Bonchev–Trinajstić information content (AvgIpc) is 3.31. The van der Waals surface area contributed by atoms with E-state index < -0.39 is 24.5 Å². The number of hydrogen-bond donors (Lipinski definition) is 1. The van der Waals surface area contributed by atoms with Crippen molar-refractivity contribution in [1.82, 2.24) is 19.9 Å².